The summed E-state index contributed by atoms with van der Waals surface area (Å²) in [5.41, 5.74) is 1.37. The Morgan fingerprint density at radius 3 is 1.96 bits per heavy atom. The zero-order chi connectivity index (χ0) is 16.9. The van der Waals surface area contributed by atoms with Crippen molar-refractivity contribution in [1.82, 2.24) is 0 Å². The number of benzene rings is 2. The van der Waals surface area contributed by atoms with E-state index in [1.54, 1.807) is 31.4 Å². The quantitative estimate of drug-likeness (QED) is 0.554. The first-order valence-corrected chi connectivity index (χ1v) is 7.21. The van der Waals surface area contributed by atoms with E-state index in [1.165, 1.54) is 12.1 Å². The fourth-order valence-corrected chi connectivity index (χ4v) is 2.22. The second-order valence-corrected chi connectivity index (χ2v) is 5.17. The van der Waals surface area contributed by atoms with E-state index < -0.39 is 11.7 Å². The van der Waals surface area contributed by atoms with Crippen molar-refractivity contribution in [2.75, 3.05) is 13.7 Å². The standard InChI is InChI=1S/C18H17F3O2/c1-23-12-2-3-17(22)15-6-4-13(5-7-15)14-8-10-16(11-9-14)18(19,20)21/h4-11H,2-3,12H2,1H3. The van der Waals surface area contributed by atoms with Crippen LogP contribution in [0, 0.1) is 0 Å². The molecule has 0 aliphatic heterocycles. The third-order valence-corrected chi connectivity index (χ3v) is 3.50. The van der Waals surface area contributed by atoms with Crippen molar-refractivity contribution in [2.24, 2.45) is 0 Å². The first kappa shape index (κ1) is 17.2. The second-order valence-electron chi connectivity index (χ2n) is 5.17. The first-order chi connectivity index (χ1) is 10.9. The third-order valence-electron chi connectivity index (χ3n) is 3.50. The number of hydrogen-bond acceptors (Lipinski definition) is 2. The number of halogens is 3. The molecule has 0 amide bonds. The molecule has 2 rings (SSSR count). The van der Waals surface area contributed by atoms with Crippen molar-refractivity contribution < 1.29 is 22.7 Å². The Morgan fingerprint density at radius 2 is 1.48 bits per heavy atom. The van der Waals surface area contributed by atoms with Gasteiger partial charge in [-0.2, -0.15) is 13.2 Å². The summed E-state index contributed by atoms with van der Waals surface area (Å²) in [5.74, 6) is 0.0287. The molecule has 0 heterocycles. The maximum absolute atomic E-state index is 12.5. The molecule has 0 bridgehead atoms. The van der Waals surface area contributed by atoms with Crippen LogP contribution in [0.15, 0.2) is 48.5 Å². The minimum Gasteiger partial charge on any atom is -0.385 e. The van der Waals surface area contributed by atoms with E-state index in [0.717, 1.165) is 17.7 Å². The van der Waals surface area contributed by atoms with Gasteiger partial charge in [0.2, 0.25) is 0 Å². The van der Waals surface area contributed by atoms with Crippen LogP contribution in [-0.2, 0) is 10.9 Å². The lowest BCUT2D eigenvalue weighted by atomic mass is 10.00. The van der Waals surface area contributed by atoms with Crippen molar-refractivity contribution >= 4 is 5.78 Å². The minimum atomic E-state index is -4.34. The predicted octanol–water partition coefficient (Wildman–Crippen LogP) is 4.98. The summed E-state index contributed by atoms with van der Waals surface area (Å²) < 4.78 is 42.5. The molecule has 0 saturated carbocycles. The highest BCUT2D eigenvalue weighted by molar-refractivity contribution is 5.96. The fraction of sp³-hybridized carbons (Fsp3) is 0.278. The zero-order valence-electron chi connectivity index (χ0n) is 12.7. The van der Waals surface area contributed by atoms with Gasteiger partial charge >= 0.3 is 6.18 Å². The van der Waals surface area contributed by atoms with Gasteiger partial charge in [0.15, 0.2) is 5.78 Å². The molecule has 122 valence electrons. The zero-order valence-corrected chi connectivity index (χ0v) is 12.7. The molecule has 0 unspecified atom stereocenters. The van der Waals surface area contributed by atoms with Crippen molar-refractivity contribution in [3.05, 3.63) is 59.7 Å². The van der Waals surface area contributed by atoms with Gasteiger partial charge in [0.25, 0.3) is 0 Å². The Balaban J connectivity index is 2.09. The Hall–Kier alpha value is -2.14. The lowest BCUT2D eigenvalue weighted by Gasteiger charge is -2.08. The summed E-state index contributed by atoms with van der Waals surface area (Å²) in [6.45, 7) is 0.537. The lowest BCUT2D eigenvalue weighted by Crippen LogP contribution is -2.04. The third kappa shape index (κ3) is 4.66. The topological polar surface area (TPSA) is 26.3 Å². The number of carbonyl (C=O) groups excluding carboxylic acids is 1. The number of carbonyl (C=O) groups is 1. The molecule has 2 nitrogen and oxygen atoms in total. The number of methoxy groups -OCH3 is 1. The first-order valence-electron chi connectivity index (χ1n) is 7.21. The summed E-state index contributed by atoms with van der Waals surface area (Å²) in [5, 5.41) is 0. The van der Waals surface area contributed by atoms with Crippen LogP contribution in [0.4, 0.5) is 13.2 Å². The molecular weight excluding hydrogens is 305 g/mol. The van der Waals surface area contributed by atoms with Crippen molar-refractivity contribution in [3.8, 4) is 11.1 Å². The highest BCUT2D eigenvalue weighted by Gasteiger charge is 2.29. The van der Waals surface area contributed by atoms with Gasteiger partial charge in [-0.1, -0.05) is 36.4 Å². The molecule has 0 saturated heterocycles. The van der Waals surface area contributed by atoms with Crippen molar-refractivity contribution in [2.45, 2.75) is 19.0 Å². The number of Topliss-reactive ketones (excluding diaryl/α,β-unsaturated/α-hetero) is 1. The van der Waals surface area contributed by atoms with Crippen molar-refractivity contribution in [3.63, 3.8) is 0 Å². The average Bonchev–Trinajstić information content (AvgIpc) is 2.54. The summed E-state index contributed by atoms with van der Waals surface area (Å²) in [6.07, 6.45) is -3.26. The predicted molar refractivity (Wildman–Crippen MR) is 82.3 cm³/mol. The lowest BCUT2D eigenvalue weighted by molar-refractivity contribution is -0.137. The number of ether oxygens (including phenoxy) is 1. The molecule has 0 fully saturated rings. The summed E-state index contributed by atoms with van der Waals surface area (Å²) >= 11 is 0. The van der Waals surface area contributed by atoms with Crippen LogP contribution in [0.5, 0.6) is 0 Å². The van der Waals surface area contributed by atoms with E-state index in [0.29, 0.717) is 30.6 Å². The van der Waals surface area contributed by atoms with Crippen LogP contribution in [0.1, 0.15) is 28.8 Å². The number of ketones is 1. The van der Waals surface area contributed by atoms with E-state index in [4.69, 9.17) is 4.74 Å². The highest BCUT2D eigenvalue weighted by atomic mass is 19.4. The van der Waals surface area contributed by atoms with E-state index in [2.05, 4.69) is 0 Å². The van der Waals surface area contributed by atoms with Gasteiger partial charge in [-0.15, -0.1) is 0 Å². The van der Waals surface area contributed by atoms with Crippen molar-refractivity contribution in [1.29, 1.82) is 0 Å². The molecule has 0 aliphatic rings. The van der Waals surface area contributed by atoms with Crippen LogP contribution in [0.2, 0.25) is 0 Å². The van der Waals surface area contributed by atoms with Gasteiger partial charge in [0, 0.05) is 25.7 Å². The van der Waals surface area contributed by atoms with Crippen LogP contribution < -0.4 is 0 Å². The fourth-order valence-electron chi connectivity index (χ4n) is 2.22. The molecule has 0 aliphatic carbocycles. The Kier molecular flexibility index (Phi) is 5.55. The maximum Gasteiger partial charge on any atom is 0.416 e. The monoisotopic (exact) mass is 322 g/mol. The molecule has 2 aromatic carbocycles. The number of alkyl halides is 3. The van der Waals surface area contributed by atoms with Crippen LogP contribution in [0.3, 0.4) is 0 Å². The van der Waals surface area contributed by atoms with Gasteiger partial charge in [0.1, 0.15) is 0 Å². The van der Waals surface area contributed by atoms with E-state index in [-0.39, 0.29) is 5.78 Å². The molecule has 2 aromatic rings. The average molecular weight is 322 g/mol. The second kappa shape index (κ2) is 7.42. The Bertz CT molecular complexity index is 643. The molecule has 0 atom stereocenters. The van der Waals surface area contributed by atoms with Crippen LogP contribution in [0.25, 0.3) is 11.1 Å². The van der Waals surface area contributed by atoms with Crippen LogP contribution in [-0.4, -0.2) is 19.5 Å². The maximum atomic E-state index is 12.5. The molecule has 0 radical (unpaired) electrons. The van der Waals surface area contributed by atoms with E-state index in [9.17, 15) is 18.0 Å². The molecular formula is C18H17F3O2. The van der Waals surface area contributed by atoms with E-state index >= 15 is 0 Å². The van der Waals surface area contributed by atoms with Gasteiger partial charge in [0.05, 0.1) is 5.56 Å². The molecule has 0 spiro atoms. The van der Waals surface area contributed by atoms with Crippen LogP contribution >= 0.6 is 0 Å². The largest absolute Gasteiger partial charge is 0.416 e. The van der Waals surface area contributed by atoms with Gasteiger partial charge < -0.3 is 4.74 Å². The van der Waals surface area contributed by atoms with E-state index in [1.807, 2.05) is 0 Å². The summed E-state index contributed by atoms with van der Waals surface area (Å²) in [4.78, 5) is 11.9. The summed E-state index contributed by atoms with van der Waals surface area (Å²) in [6, 6.07) is 11.8. The van der Waals surface area contributed by atoms with Gasteiger partial charge in [-0.05, 0) is 29.7 Å². The molecule has 0 aromatic heterocycles. The summed E-state index contributed by atoms with van der Waals surface area (Å²) in [7, 11) is 1.59. The number of rotatable bonds is 6. The Labute approximate surface area is 132 Å². The van der Waals surface area contributed by atoms with Gasteiger partial charge in [-0.3, -0.25) is 4.79 Å². The SMILES string of the molecule is COCCCC(=O)c1ccc(-c2ccc(C(F)(F)F)cc2)cc1. The minimum absolute atomic E-state index is 0.0287. The van der Waals surface area contributed by atoms with Gasteiger partial charge in [-0.25, -0.2) is 0 Å². The normalized spacial score (nSPS) is 11.5. The highest BCUT2D eigenvalue weighted by Crippen LogP contribution is 2.31. The smallest absolute Gasteiger partial charge is 0.385 e. The molecule has 5 heteroatoms. The molecule has 23 heavy (non-hydrogen) atoms. The number of hydrogen-bond donors (Lipinski definition) is 0. The Morgan fingerprint density at radius 1 is 0.957 bits per heavy atom. The molecule has 0 N–H and O–H groups in total.